The maximum Gasteiger partial charge on any atom is 0.563 e. The second-order valence-corrected chi connectivity index (χ2v) is 5.47. The summed E-state index contributed by atoms with van der Waals surface area (Å²) in [5.41, 5.74) is 1.04. The van der Waals surface area contributed by atoms with Crippen LogP contribution in [0.3, 0.4) is 0 Å². The molecule has 6 heteroatoms. The van der Waals surface area contributed by atoms with Crippen LogP contribution in [-0.4, -0.2) is 32.3 Å². The number of rotatable bonds is 1. The first-order valence-corrected chi connectivity index (χ1v) is 6.45. The Bertz CT molecular complexity index is 599. The smallest absolute Gasteiger partial charge is 0.534 e. The molecular formula is C14H16BNO4. The molecule has 0 bridgehead atoms. The van der Waals surface area contributed by atoms with Gasteiger partial charge in [-0.25, -0.2) is 0 Å². The summed E-state index contributed by atoms with van der Waals surface area (Å²) < 4.78 is 16.9. The summed E-state index contributed by atoms with van der Waals surface area (Å²) >= 11 is 0. The lowest BCUT2D eigenvalue weighted by Crippen LogP contribution is -2.39. The van der Waals surface area contributed by atoms with Gasteiger partial charge in [0.1, 0.15) is 11.4 Å². The minimum absolute atomic E-state index is 0.0725. The third kappa shape index (κ3) is 1.96. The van der Waals surface area contributed by atoms with Crippen molar-refractivity contribution in [3.8, 4) is 5.75 Å². The topological polar surface area (TPSA) is 48.0 Å². The van der Waals surface area contributed by atoms with Gasteiger partial charge in [-0.15, -0.1) is 0 Å². The molecule has 0 radical (unpaired) electrons. The molecule has 0 saturated carbocycles. The standard InChI is InChI=1S/C14H16BNO4/c1-9-14(2,3)20-15(19-9)10-5-6-12-11(7-10)16(4)13(17)8-18-12/h5-7H,1,8H2,2-4H3. The number of nitrogens with zero attached hydrogens (tertiary/aromatic N) is 1. The molecule has 2 aliphatic heterocycles. The normalized spacial score (nSPS) is 20.6. The number of carbonyl (C=O) groups is 1. The van der Waals surface area contributed by atoms with E-state index in [9.17, 15) is 4.79 Å². The van der Waals surface area contributed by atoms with Gasteiger partial charge in [0.2, 0.25) is 0 Å². The molecule has 2 heterocycles. The monoisotopic (exact) mass is 273 g/mol. The first-order chi connectivity index (χ1) is 9.38. The first kappa shape index (κ1) is 13.1. The van der Waals surface area contributed by atoms with E-state index in [4.69, 9.17) is 14.0 Å². The van der Waals surface area contributed by atoms with Crippen LogP contribution in [0.4, 0.5) is 5.69 Å². The Kier molecular flexibility index (Phi) is 2.79. The van der Waals surface area contributed by atoms with Crippen LogP contribution in [0.15, 0.2) is 30.5 Å². The van der Waals surface area contributed by atoms with Crippen molar-refractivity contribution in [1.29, 1.82) is 0 Å². The van der Waals surface area contributed by atoms with Gasteiger partial charge >= 0.3 is 7.12 Å². The largest absolute Gasteiger partial charge is 0.563 e. The van der Waals surface area contributed by atoms with Gasteiger partial charge in [-0.1, -0.05) is 12.6 Å². The predicted molar refractivity (Wildman–Crippen MR) is 76.1 cm³/mol. The summed E-state index contributed by atoms with van der Waals surface area (Å²) in [4.78, 5) is 13.2. The van der Waals surface area contributed by atoms with Crippen LogP contribution in [0.25, 0.3) is 0 Å². The minimum Gasteiger partial charge on any atom is -0.534 e. The molecule has 1 saturated heterocycles. The van der Waals surface area contributed by atoms with Crippen molar-refractivity contribution in [3.05, 3.63) is 30.5 Å². The predicted octanol–water partition coefficient (Wildman–Crippen LogP) is 1.08. The average molecular weight is 273 g/mol. The van der Waals surface area contributed by atoms with Crippen molar-refractivity contribution in [1.82, 2.24) is 0 Å². The van der Waals surface area contributed by atoms with Crippen molar-refractivity contribution in [2.45, 2.75) is 19.4 Å². The van der Waals surface area contributed by atoms with Crippen LogP contribution in [0.5, 0.6) is 5.75 Å². The number of carbonyl (C=O) groups excluding carboxylic acids is 1. The molecule has 0 spiro atoms. The highest BCUT2D eigenvalue weighted by atomic mass is 16.7. The van der Waals surface area contributed by atoms with Crippen molar-refractivity contribution in [2.24, 2.45) is 0 Å². The van der Waals surface area contributed by atoms with Crippen molar-refractivity contribution >= 4 is 24.2 Å². The summed E-state index contributed by atoms with van der Waals surface area (Å²) in [6.07, 6.45) is 0. The van der Waals surface area contributed by atoms with E-state index < -0.39 is 12.7 Å². The van der Waals surface area contributed by atoms with Crippen LogP contribution in [0, 0.1) is 0 Å². The number of hydrogen-bond acceptors (Lipinski definition) is 4. The Balaban J connectivity index is 1.94. The fourth-order valence-corrected chi connectivity index (χ4v) is 2.20. The number of hydrogen-bond donors (Lipinski definition) is 0. The molecule has 0 aromatic heterocycles. The van der Waals surface area contributed by atoms with Crippen LogP contribution in [0.1, 0.15) is 13.8 Å². The molecule has 1 fully saturated rings. The Morgan fingerprint density at radius 2 is 2.15 bits per heavy atom. The van der Waals surface area contributed by atoms with Crippen molar-refractivity contribution in [3.63, 3.8) is 0 Å². The third-order valence-electron chi connectivity index (χ3n) is 3.66. The number of likely N-dealkylation sites (N-methyl/N-ethyl adjacent to an activating group) is 1. The molecule has 1 aromatic rings. The molecule has 0 atom stereocenters. The van der Waals surface area contributed by atoms with Gasteiger partial charge in [0, 0.05) is 7.05 Å². The highest BCUT2D eigenvalue weighted by molar-refractivity contribution is 6.62. The Labute approximate surface area is 118 Å². The zero-order valence-corrected chi connectivity index (χ0v) is 11.8. The Morgan fingerprint density at radius 3 is 2.80 bits per heavy atom. The number of fused-ring (bicyclic) bond motifs is 1. The summed E-state index contributed by atoms with van der Waals surface area (Å²) in [6.45, 7) is 7.75. The SMILES string of the molecule is C=C1OB(c2ccc3c(c2)N(C)C(=O)CO3)OC1(C)C. The number of anilines is 1. The van der Waals surface area contributed by atoms with E-state index >= 15 is 0 Å². The molecule has 1 aromatic carbocycles. The highest BCUT2D eigenvalue weighted by Crippen LogP contribution is 2.32. The number of benzene rings is 1. The fraction of sp³-hybridized carbons (Fsp3) is 0.357. The van der Waals surface area contributed by atoms with Gasteiger partial charge in [-0.3, -0.25) is 4.79 Å². The van der Waals surface area contributed by atoms with E-state index in [1.807, 2.05) is 32.0 Å². The maximum absolute atomic E-state index is 11.7. The molecule has 0 aliphatic carbocycles. The van der Waals surface area contributed by atoms with E-state index in [-0.39, 0.29) is 12.5 Å². The van der Waals surface area contributed by atoms with E-state index in [1.165, 1.54) is 0 Å². The molecule has 1 amide bonds. The van der Waals surface area contributed by atoms with E-state index in [1.54, 1.807) is 11.9 Å². The zero-order valence-electron chi connectivity index (χ0n) is 11.8. The zero-order chi connectivity index (χ0) is 14.5. The van der Waals surface area contributed by atoms with Gasteiger partial charge in [0.15, 0.2) is 6.61 Å². The first-order valence-electron chi connectivity index (χ1n) is 6.45. The molecule has 20 heavy (non-hydrogen) atoms. The molecule has 0 unspecified atom stereocenters. The molecule has 104 valence electrons. The lowest BCUT2D eigenvalue weighted by Gasteiger charge is -2.26. The van der Waals surface area contributed by atoms with E-state index in [0.29, 0.717) is 11.5 Å². The highest BCUT2D eigenvalue weighted by Gasteiger charge is 2.43. The van der Waals surface area contributed by atoms with Gasteiger partial charge in [0.05, 0.1) is 11.4 Å². The molecular weight excluding hydrogens is 257 g/mol. The van der Waals surface area contributed by atoms with E-state index in [0.717, 1.165) is 11.2 Å². The van der Waals surface area contributed by atoms with Crippen LogP contribution in [-0.2, 0) is 14.1 Å². The van der Waals surface area contributed by atoms with Crippen molar-refractivity contribution in [2.75, 3.05) is 18.6 Å². The summed E-state index contributed by atoms with van der Waals surface area (Å²) in [5.74, 6) is 1.21. The van der Waals surface area contributed by atoms with E-state index in [2.05, 4.69) is 6.58 Å². The summed E-state index contributed by atoms with van der Waals surface area (Å²) in [6, 6.07) is 5.56. The Morgan fingerprint density at radius 1 is 1.40 bits per heavy atom. The maximum atomic E-state index is 11.7. The van der Waals surface area contributed by atoms with Crippen LogP contribution >= 0.6 is 0 Å². The number of amides is 1. The molecule has 3 rings (SSSR count). The molecule has 2 aliphatic rings. The lowest BCUT2D eigenvalue weighted by atomic mass is 9.79. The third-order valence-corrected chi connectivity index (χ3v) is 3.66. The summed E-state index contributed by atoms with van der Waals surface area (Å²) in [5, 5.41) is 0. The number of ether oxygens (including phenoxy) is 1. The van der Waals surface area contributed by atoms with Gasteiger partial charge in [0.25, 0.3) is 5.91 Å². The second kappa shape index (κ2) is 4.28. The minimum atomic E-state index is -0.515. The lowest BCUT2D eigenvalue weighted by molar-refractivity contribution is -0.120. The quantitative estimate of drug-likeness (QED) is 0.718. The average Bonchev–Trinajstić information content (AvgIpc) is 2.68. The second-order valence-electron chi connectivity index (χ2n) is 5.47. The van der Waals surface area contributed by atoms with Gasteiger partial charge in [-0.05, 0) is 31.4 Å². The fourth-order valence-electron chi connectivity index (χ4n) is 2.20. The van der Waals surface area contributed by atoms with Crippen molar-refractivity contribution < 1.29 is 18.8 Å². The molecule has 0 N–H and O–H groups in total. The van der Waals surface area contributed by atoms with Crippen LogP contribution in [0.2, 0.25) is 0 Å². The van der Waals surface area contributed by atoms with Crippen LogP contribution < -0.4 is 15.1 Å². The van der Waals surface area contributed by atoms with Gasteiger partial charge in [-0.2, -0.15) is 0 Å². The summed E-state index contributed by atoms with van der Waals surface area (Å²) in [7, 11) is 1.22. The molecule has 5 nitrogen and oxygen atoms in total. The Hall–Kier alpha value is -1.95. The van der Waals surface area contributed by atoms with Gasteiger partial charge < -0.3 is 18.9 Å².